The van der Waals surface area contributed by atoms with Gasteiger partial charge in [0.2, 0.25) is 5.91 Å². The molecule has 0 saturated carbocycles. The quantitative estimate of drug-likeness (QED) is 0.0376. The van der Waals surface area contributed by atoms with Gasteiger partial charge >= 0.3 is 17.9 Å². The van der Waals surface area contributed by atoms with Crippen molar-refractivity contribution in [2.45, 2.75) is 276 Å². The van der Waals surface area contributed by atoms with E-state index in [1.165, 1.54) is 129 Å². The maximum Gasteiger partial charge on any atom is 0.306 e. The fraction of sp³-hybridized carbons (Fsp3) is 0.825. The second kappa shape index (κ2) is 38.4. The SMILES string of the molecule is CCCCCCCCCCCCCCCCCC(=O)N[C@H]1COC2OC(COC(=O)CCC(=O)O[C@H](CCCCCCCCCCCCCC)[C@H]1OC(C)=O)[C@H](O)[C@H](C)C2OCc1ccc(OC)cc1. The standard InChI is InChI=1S/C57H97NO12/c1-6-8-10-12-14-16-18-20-21-22-24-26-28-30-32-34-51(60)58-48-42-67-57-55(66-41-46-35-37-47(64-5)38-36-46)44(3)54(63)50(70-57)43-65-52(61)39-40-53(62)69-49(56(48)68-45(4)59)33-31-29-27-25-23-19-17-15-13-11-9-7-2/h35-38,44,48-50,54-57,63H,6-34,39-43H2,1-5H3,(H,58,60)/t44-,48-,49+,50?,54+,55?,56-,57?/m0/s1. The second-order valence-electron chi connectivity index (χ2n) is 20.2. The monoisotopic (exact) mass is 988 g/mol. The number of cyclic esters (lactones) is 2. The van der Waals surface area contributed by atoms with Gasteiger partial charge in [-0.1, -0.05) is 193 Å². The van der Waals surface area contributed by atoms with Gasteiger partial charge in [0.25, 0.3) is 0 Å². The maximum atomic E-state index is 13.9. The third-order valence-electron chi connectivity index (χ3n) is 14.0. The fourth-order valence-electron chi connectivity index (χ4n) is 9.65. The molecular formula is C57H97NO12. The zero-order valence-electron chi connectivity index (χ0n) is 44.4. The Morgan fingerprint density at radius 2 is 1.17 bits per heavy atom. The van der Waals surface area contributed by atoms with Crippen molar-refractivity contribution in [1.29, 1.82) is 0 Å². The number of nitrogens with one attached hydrogen (secondary N) is 1. The summed E-state index contributed by atoms with van der Waals surface area (Å²) in [6, 6.07) is 6.49. The van der Waals surface area contributed by atoms with Crippen LogP contribution in [0.15, 0.2) is 24.3 Å². The highest BCUT2D eigenvalue weighted by Crippen LogP contribution is 2.32. The average Bonchev–Trinajstić information content (AvgIpc) is 3.35. The van der Waals surface area contributed by atoms with E-state index in [2.05, 4.69) is 19.2 Å². The summed E-state index contributed by atoms with van der Waals surface area (Å²) in [5.41, 5.74) is 0.858. The minimum atomic E-state index is -1.11. The van der Waals surface area contributed by atoms with Gasteiger partial charge in [-0.05, 0) is 37.0 Å². The molecule has 8 atom stereocenters. The van der Waals surface area contributed by atoms with Crippen molar-refractivity contribution in [1.82, 2.24) is 5.32 Å². The smallest absolute Gasteiger partial charge is 0.306 e. The number of methoxy groups -OCH3 is 1. The topological polar surface area (TPSA) is 165 Å². The lowest BCUT2D eigenvalue weighted by Crippen LogP contribution is -2.58. The number of unbranched alkanes of at least 4 members (excludes halogenated alkanes) is 25. The van der Waals surface area contributed by atoms with Gasteiger partial charge in [-0.15, -0.1) is 0 Å². The summed E-state index contributed by atoms with van der Waals surface area (Å²) >= 11 is 0. The number of aliphatic hydroxyl groups excluding tert-OH is 1. The fourth-order valence-corrected chi connectivity index (χ4v) is 9.65. The lowest BCUT2D eigenvalue weighted by atomic mass is 9.90. The van der Waals surface area contributed by atoms with Gasteiger partial charge in [0.1, 0.15) is 30.7 Å². The van der Waals surface area contributed by atoms with E-state index in [4.69, 9.17) is 33.2 Å². The van der Waals surface area contributed by atoms with Crippen LogP contribution in [0, 0.1) is 5.92 Å². The van der Waals surface area contributed by atoms with Gasteiger partial charge in [0.05, 0.1) is 45.3 Å². The molecule has 2 N–H and O–H groups in total. The first-order valence-electron chi connectivity index (χ1n) is 28.1. The molecule has 0 aliphatic carbocycles. The van der Waals surface area contributed by atoms with Crippen LogP contribution in [0.1, 0.15) is 232 Å². The van der Waals surface area contributed by atoms with Crippen molar-refractivity contribution < 1.29 is 57.4 Å². The van der Waals surface area contributed by atoms with Gasteiger partial charge in [0.15, 0.2) is 12.4 Å². The molecule has 2 fully saturated rings. The number of amides is 1. The summed E-state index contributed by atoms with van der Waals surface area (Å²) in [7, 11) is 1.60. The molecule has 2 aliphatic heterocycles. The van der Waals surface area contributed by atoms with Crippen LogP contribution >= 0.6 is 0 Å². The van der Waals surface area contributed by atoms with E-state index in [1.54, 1.807) is 7.11 Å². The first-order valence-corrected chi connectivity index (χ1v) is 28.1. The number of hydrogen-bond donors (Lipinski definition) is 2. The number of carbonyl (C=O) groups excluding carboxylic acids is 4. The van der Waals surface area contributed by atoms with Crippen LogP contribution in [0.3, 0.4) is 0 Å². The zero-order chi connectivity index (χ0) is 50.6. The highest BCUT2D eigenvalue weighted by molar-refractivity contribution is 5.78. The molecule has 2 heterocycles. The van der Waals surface area contributed by atoms with E-state index in [0.29, 0.717) is 25.0 Å². The first-order chi connectivity index (χ1) is 34.1. The van der Waals surface area contributed by atoms with Crippen LogP contribution in [0.4, 0.5) is 0 Å². The minimum Gasteiger partial charge on any atom is -0.497 e. The van der Waals surface area contributed by atoms with Crippen molar-refractivity contribution in [3.05, 3.63) is 29.8 Å². The Morgan fingerprint density at radius 3 is 1.69 bits per heavy atom. The number of carbonyl (C=O) groups is 4. The molecule has 402 valence electrons. The number of fused-ring (bicyclic) bond motifs is 2. The predicted molar refractivity (Wildman–Crippen MR) is 274 cm³/mol. The molecule has 1 aromatic rings. The average molecular weight is 988 g/mol. The van der Waals surface area contributed by atoms with Crippen molar-refractivity contribution in [3.63, 3.8) is 0 Å². The molecule has 1 aromatic carbocycles. The molecule has 70 heavy (non-hydrogen) atoms. The number of aliphatic hydroxyl groups is 1. The van der Waals surface area contributed by atoms with E-state index < -0.39 is 66.7 Å². The maximum absolute atomic E-state index is 13.9. The zero-order valence-corrected chi connectivity index (χ0v) is 44.4. The Bertz CT molecular complexity index is 1520. The molecule has 1 amide bonds. The number of esters is 3. The Hall–Kier alpha value is -3.26. The molecule has 2 bridgehead atoms. The molecule has 3 rings (SSSR count). The number of hydrogen-bond acceptors (Lipinski definition) is 12. The van der Waals surface area contributed by atoms with Crippen LogP contribution in [0.2, 0.25) is 0 Å². The Kier molecular flexibility index (Phi) is 33.5. The normalized spacial score (nSPS) is 23.4. The molecular weight excluding hydrogens is 891 g/mol. The van der Waals surface area contributed by atoms with Crippen molar-refractivity contribution in [3.8, 4) is 5.75 Å². The van der Waals surface area contributed by atoms with E-state index in [9.17, 15) is 24.3 Å². The summed E-state index contributed by atoms with van der Waals surface area (Å²) in [5, 5.41) is 14.6. The van der Waals surface area contributed by atoms with Crippen LogP contribution < -0.4 is 10.1 Å². The Labute approximate surface area is 423 Å². The molecule has 0 radical (unpaired) electrons. The molecule has 2 aliphatic rings. The predicted octanol–water partition coefficient (Wildman–Crippen LogP) is 12.3. The van der Waals surface area contributed by atoms with Crippen molar-refractivity contribution in [2.75, 3.05) is 20.3 Å². The Balaban J connectivity index is 1.74. The van der Waals surface area contributed by atoms with Crippen molar-refractivity contribution in [2.24, 2.45) is 5.92 Å². The van der Waals surface area contributed by atoms with Gasteiger partial charge in [-0.3, -0.25) is 19.2 Å². The summed E-state index contributed by atoms with van der Waals surface area (Å²) in [6.45, 7) is 7.31. The first kappa shape index (κ1) is 61.0. The highest BCUT2D eigenvalue weighted by atomic mass is 16.7. The van der Waals surface area contributed by atoms with E-state index >= 15 is 0 Å². The molecule has 3 unspecified atom stereocenters. The summed E-state index contributed by atoms with van der Waals surface area (Å²) in [6.07, 6.45) is 26.2. The molecule has 13 heteroatoms. The van der Waals surface area contributed by atoms with Crippen LogP contribution in [-0.2, 0) is 54.2 Å². The summed E-state index contributed by atoms with van der Waals surface area (Å²) in [5.74, 6) is -1.96. The molecule has 0 aromatic heterocycles. The van der Waals surface area contributed by atoms with E-state index in [0.717, 1.165) is 44.1 Å². The largest absolute Gasteiger partial charge is 0.497 e. The third kappa shape index (κ3) is 26.4. The molecule has 13 nitrogen and oxygen atoms in total. The van der Waals surface area contributed by atoms with Crippen molar-refractivity contribution >= 4 is 23.8 Å². The minimum absolute atomic E-state index is 0.168. The summed E-state index contributed by atoms with van der Waals surface area (Å²) < 4.78 is 42.3. The summed E-state index contributed by atoms with van der Waals surface area (Å²) in [4.78, 5) is 53.3. The third-order valence-corrected chi connectivity index (χ3v) is 14.0. The lowest BCUT2D eigenvalue weighted by molar-refractivity contribution is -0.301. The van der Waals surface area contributed by atoms with Gasteiger partial charge in [-0.25, -0.2) is 0 Å². The number of ether oxygens (including phenoxy) is 7. The molecule has 2 saturated heterocycles. The van der Waals surface area contributed by atoms with Gasteiger partial charge < -0.3 is 43.6 Å². The number of rotatable bonds is 35. The second-order valence-corrected chi connectivity index (χ2v) is 20.2. The van der Waals surface area contributed by atoms with Gasteiger partial charge in [0, 0.05) is 19.3 Å². The van der Waals surface area contributed by atoms with Crippen LogP contribution in [-0.4, -0.2) is 92.1 Å². The lowest BCUT2D eigenvalue weighted by Gasteiger charge is -2.43. The van der Waals surface area contributed by atoms with Crippen LogP contribution in [0.5, 0.6) is 5.75 Å². The molecule has 0 spiro atoms. The Morgan fingerprint density at radius 1 is 0.671 bits per heavy atom. The number of benzene rings is 1. The van der Waals surface area contributed by atoms with Gasteiger partial charge in [-0.2, -0.15) is 0 Å². The highest BCUT2D eigenvalue weighted by Gasteiger charge is 2.46. The van der Waals surface area contributed by atoms with E-state index in [1.807, 2.05) is 31.2 Å². The van der Waals surface area contributed by atoms with Crippen LogP contribution in [0.25, 0.3) is 0 Å². The van der Waals surface area contributed by atoms with E-state index in [-0.39, 0.29) is 45.0 Å².